The highest BCUT2D eigenvalue weighted by Crippen LogP contribution is 2.02. The predicted octanol–water partition coefficient (Wildman–Crippen LogP) is 2.24. The third kappa shape index (κ3) is 2.46. The number of hydrogen-bond acceptors (Lipinski definition) is 2. The maximum absolute atomic E-state index is 10.4. The molecule has 0 atom stereocenters. The summed E-state index contributed by atoms with van der Waals surface area (Å²) in [5.74, 6) is 0. The van der Waals surface area contributed by atoms with Crippen LogP contribution >= 0.6 is 0 Å². The summed E-state index contributed by atoms with van der Waals surface area (Å²) >= 11 is 0. The molecule has 1 aromatic heterocycles. The minimum absolute atomic E-state index is 0.531. The van der Waals surface area contributed by atoms with Crippen LogP contribution in [-0.4, -0.2) is 11.3 Å². The normalized spacial score (nSPS) is 9.75. The van der Waals surface area contributed by atoms with E-state index >= 15 is 0 Å². The van der Waals surface area contributed by atoms with Gasteiger partial charge in [-0.25, -0.2) is 0 Å². The van der Waals surface area contributed by atoms with E-state index < -0.39 is 0 Å². The molecule has 1 rings (SSSR count). The Morgan fingerprint density at radius 1 is 1.50 bits per heavy atom. The summed E-state index contributed by atoms with van der Waals surface area (Å²) in [6, 6.07) is 5.56. The lowest BCUT2D eigenvalue weighted by Crippen LogP contribution is -1.93. The lowest BCUT2D eigenvalue weighted by atomic mass is 10.2. The zero-order chi connectivity index (χ0) is 8.81. The number of unbranched alkanes of at least 4 members (excludes halogenated alkanes) is 1. The second kappa shape index (κ2) is 4.65. The van der Waals surface area contributed by atoms with Crippen molar-refractivity contribution >= 4 is 6.29 Å². The van der Waals surface area contributed by atoms with Gasteiger partial charge in [0.25, 0.3) is 0 Å². The van der Waals surface area contributed by atoms with E-state index in [-0.39, 0.29) is 0 Å². The SMILES string of the molecule is CCCCc1cccc(C=O)n1. The van der Waals surface area contributed by atoms with Gasteiger partial charge < -0.3 is 0 Å². The molecule has 0 saturated carbocycles. The number of aldehydes is 1. The fourth-order valence-corrected chi connectivity index (χ4v) is 1.06. The summed E-state index contributed by atoms with van der Waals surface area (Å²) in [5.41, 5.74) is 1.55. The van der Waals surface area contributed by atoms with Crippen LogP contribution in [0, 0.1) is 0 Å². The second-order valence-corrected chi connectivity index (χ2v) is 2.78. The van der Waals surface area contributed by atoms with Crippen molar-refractivity contribution in [2.24, 2.45) is 0 Å². The van der Waals surface area contributed by atoms with Gasteiger partial charge in [0.1, 0.15) is 5.69 Å². The van der Waals surface area contributed by atoms with Crippen LogP contribution in [0.3, 0.4) is 0 Å². The van der Waals surface area contributed by atoms with Crippen LogP contribution in [0.4, 0.5) is 0 Å². The fraction of sp³-hybridized carbons (Fsp3) is 0.400. The molecule has 0 aliphatic rings. The molecule has 0 aliphatic heterocycles. The van der Waals surface area contributed by atoms with Gasteiger partial charge in [-0.3, -0.25) is 9.78 Å². The first-order valence-corrected chi connectivity index (χ1v) is 4.28. The molecule has 12 heavy (non-hydrogen) atoms. The summed E-state index contributed by atoms with van der Waals surface area (Å²) in [7, 11) is 0. The van der Waals surface area contributed by atoms with E-state index in [2.05, 4.69) is 11.9 Å². The predicted molar refractivity (Wildman–Crippen MR) is 48.2 cm³/mol. The molecule has 0 aromatic carbocycles. The van der Waals surface area contributed by atoms with Crippen molar-refractivity contribution in [2.75, 3.05) is 0 Å². The van der Waals surface area contributed by atoms with E-state index in [9.17, 15) is 4.79 Å². The Labute approximate surface area is 72.6 Å². The van der Waals surface area contributed by atoms with Crippen LogP contribution < -0.4 is 0 Å². The molecule has 0 spiro atoms. The van der Waals surface area contributed by atoms with Gasteiger partial charge in [0.2, 0.25) is 0 Å². The Morgan fingerprint density at radius 2 is 2.33 bits per heavy atom. The van der Waals surface area contributed by atoms with Gasteiger partial charge in [-0.1, -0.05) is 19.4 Å². The first-order valence-electron chi connectivity index (χ1n) is 4.28. The highest BCUT2D eigenvalue weighted by Gasteiger charge is 1.95. The molecule has 0 aliphatic carbocycles. The summed E-state index contributed by atoms with van der Waals surface area (Å²) in [6.07, 6.45) is 4.05. The molecule has 0 unspecified atom stereocenters. The number of carbonyl (C=O) groups excluding carboxylic acids is 1. The van der Waals surface area contributed by atoms with E-state index in [0.717, 1.165) is 31.2 Å². The van der Waals surface area contributed by atoms with E-state index in [1.54, 1.807) is 6.07 Å². The summed E-state index contributed by atoms with van der Waals surface area (Å²) in [4.78, 5) is 14.5. The lowest BCUT2D eigenvalue weighted by Gasteiger charge is -1.98. The Hall–Kier alpha value is -1.18. The fourth-order valence-electron chi connectivity index (χ4n) is 1.06. The molecule has 0 bridgehead atoms. The molecule has 64 valence electrons. The highest BCUT2D eigenvalue weighted by molar-refractivity contribution is 5.71. The number of rotatable bonds is 4. The van der Waals surface area contributed by atoms with Crippen LogP contribution in [0.15, 0.2) is 18.2 Å². The van der Waals surface area contributed by atoms with Crippen LogP contribution in [0.2, 0.25) is 0 Å². The van der Waals surface area contributed by atoms with E-state index in [0.29, 0.717) is 5.69 Å². The quantitative estimate of drug-likeness (QED) is 0.637. The van der Waals surface area contributed by atoms with E-state index in [1.165, 1.54) is 0 Å². The Balaban J connectivity index is 2.66. The standard InChI is InChI=1S/C10H13NO/c1-2-3-5-9-6-4-7-10(8-12)11-9/h4,6-8H,2-3,5H2,1H3. The molecule has 0 radical (unpaired) electrons. The summed E-state index contributed by atoms with van der Waals surface area (Å²) in [5, 5.41) is 0. The lowest BCUT2D eigenvalue weighted by molar-refractivity contribution is 0.111. The third-order valence-corrected chi connectivity index (χ3v) is 1.74. The van der Waals surface area contributed by atoms with E-state index in [4.69, 9.17) is 0 Å². The first-order chi connectivity index (χ1) is 5.86. The van der Waals surface area contributed by atoms with Crippen LogP contribution in [0.5, 0.6) is 0 Å². The molecule has 0 saturated heterocycles. The highest BCUT2D eigenvalue weighted by atomic mass is 16.1. The van der Waals surface area contributed by atoms with Crippen molar-refractivity contribution in [3.8, 4) is 0 Å². The Morgan fingerprint density at radius 3 is 3.00 bits per heavy atom. The number of carbonyl (C=O) groups is 1. The maximum Gasteiger partial charge on any atom is 0.168 e. The minimum atomic E-state index is 0.531. The molecule has 1 aromatic rings. The van der Waals surface area contributed by atoms with Crippen molar-refractivity contribution in [3.05, 3.63) is 29.6 Å². The minimum Gasteiger partial charge on any atom is -0.296 e. The first kappa shape index (κ1) is 8.91. The monoisotopic (exact) mass is 163 g/mol. The van der Waals surface area contributed by atoms with Crippen molar-refractivity contribution < 1.29 is 4.79 Å². The topological polar surface area (TPSA) is 30.0 Å². The number of nitrogens with zero attached hydrogens (tertiary/aromatic N) is 1. The van der Waals surface area contributed by atoms with Crippen molar-refractivity contribution in [2.45, 2.75) is 26.2 Å². The Bertz CT molecular complexity index is 258. The van der Waals surface area contributed by atoms with Crippen molar-refractivity contribution in [3.63, 3.8) is 0 Å². The maximum atomic E-state index is 10.4. The molecule has 0 amide bonds. The van der Waals surface area contributed by atoms with E-state index in [1.807, 2.05) is 12.1 Å². The van der Waals surface area contributed by atoms with Gasteiger partial charge >= 0.3 is 0 Å². The number of aryl methyl sites for hydroxylation is 1. The van der Waals surface area contributed by atoms with Gasteiger partial charge in [0.15, 0.2) is 6.29 Å². The van der Waals surface area contributed by atoms with Crippen molar-refractivity contribution in [1.82, 2.24) is 4.98 Å². The number of hydrogen-bond donors (Lipinski definition) is 0. The summed E-state index contributed by atoms with van der Waals surface area (Å²) < 4.78 is 0. The van der Waals surface area contributed by atoms with Gasteiger partial charge in [-0.15, -0.1) is 0 Å². The zero-order valence-corrected chi connectivity index (χ0v) is 7.29. The second-order valence-electron chi connectivity index (χ2n) is 2.78. The molecule has 2 heteroatoms. The largest absolute Gasteiger partial charge is 0.296 e. The smallest absolute Gasteiger partial charge is 0.168 e. The van der Waals surface area contributed by atoms with Gasteiger partial charge in [0.05, 0.1) is 0 Å². The van der Waals surface area contributed by atoms with Gasteiger partial charge in [-0.05, 0) is 25.0 Å². The summed E-state index contributed by atoms with van der Waals surface area (Å²) in [6.45, 7) is 2.14. The van der Waals surface area contributed by atoms with Crippen LogP contribution in [-0.2, 0) is 6.42 Å². The van der Waals surface area contributed by atoms with Gasteiger partial charge in [0, 0.05) is 5.69 Å². The van der Waals surface area contributed by atoms with Crippen LogP contribution in [0.25, 0.3) is 0 Å². The molecular formula is C10H13NO. The van der Waals surface area contributed by atoms with Gasteiger partial charge in [-0.2, -0.15) is 0 Å². The average molecular weight is 163 g/mol. The van der Waals surface area contributed by atoms with Crippen molar-refractivity contribution in [1.29, 1.82) is 0 Å². The van der Waals surface area contributed by atoms with Crippen LogP contribution in [0.1, 0.15) is 35.9 Å². The zero-order valence-electron chi connectivity index (χ0n) is 7.29. The molecule has 0 fully saturated rings. The Kier molecular flexibility index (Phi) is 3.45. The molecular weight excluding hydrogens is 150 g/mol. The number of aromatic nitrogens is 1. The average Bonchev–Trinajstić information content (AvgIpc) is 2.15. The number of pyridine rings is 1. The third-order valence-electron chi connectivity index (χ3n) is 1.74. The molecule has 2 nitrogen and oxygen atoms in total. The molecule has 0 N–H and O–H groups in total. The molecule has 1 heterocycles.